The Labute approximate surface area is 84.5 Å². The largest absolute Gasteiger partial charge is 0.394 e. The quantitative estimate of drug-likeness (QED) is 0.433. The summed E-state index contributed by atoms with van der Waals surface area (Å²) in [4.78, 5) is 11.5. The average Bonchev–Trinajstić information content (AvgIpc) is 2.18. The van der Waals surface area contributed by atoms with Crippen LogP contribution in [0.4, 0.5) is 0 Å². The summed E-state index contributed by atoms with van der Waals surface area (Å²) in [6.07, 6.45) is 0. The van der Waals surface area contributed by atoms with Crippen molar-refractivity contribution in [1.29, 1.82) is 0 Å². The van der Waals surface area contributed by atoms with Crippen molar-refractivity contribution in [3.63, 3.8) is 0 Å². The molecule has 0 aliphatic carbocycles. The van der Waals surface area contributed by atoms with Crippen LogP contribution in [0.2, 0.25) is 0 Å². The summed E-state index contributed by atoms with van der Waals surface area (Å²) in [7, 11) is 1.76. The summed E-state index contributed by atoms with van der Waals surface area (Å²) in [6.45, 7) is 3.39. The standard InChI is InChI=1S/C9H20N2O3/c1-7(4-10-3)8(14)11-9(2,5-12)6-13/h7,10,12-13H,4-6H2,1-3H3,(H,11,14). The van der Waals surface area contributed by atoms with E-state index in [1.54, 1.807) is 20.9 Å². The van der Waals surface area contributed by atoms with Gasteiger partial charge in [0.15, 0.2) is 0 Å². The molecule has 0 radical (unpaired) electrons. The Kier molecular flexibility index (Phi) is 5.68. The van der Waals surface area contributed by atoms with E-state index in [4.69, 9.17) is 10.2 Å². The van der Waals surface area contributed by atoms with Crippen molar-refractivity contribution in [2.75, 3.05) is 26.8 Å². The lowest BCUT2D eigenvalue weighted by Gasteiger charge is -2.27. The van der Waals surface area contributed by atoms with Crippen LogP contribution in [0.3, 0.4) is 0 Å². The fourth-order valence-electron chi connectivity index (χ4n) is 0.949. The van der Waals surface area contributed by atoms with Gasteiger partial charge in [-0.2, -0.15) is 0 Å². The smallest absolute Gasteiger partial charge is 0.224 e. The second kappa shape index (κ2) is 5.95. The zero-order valence-electron chi connectivity index (χ0n) is 9.00. The van der Waals surface area contributed by atoms with Gasteiger partial charge in [-0.25, -0.2) is 0 Å². The fourth-order valence-corrected chi connectivity index (χ4v) is 0.949. The number of nitrogens with one attached hydrogen (secondary N) is 2. The number of amides is 1. The molecular weight excluding hydrogens is 184 g/mol. The van der Waals surface area contributed by atoms with Crippen LogP contribution in [0.15, 0.2) is 0 Å². The zero-order valence-corrected chi connectivity index (χ0v) is 9.00. The average molecular weight is 204 g/mol. The molecule has 1 unspecified atom stereocenters. The minimum absolute atomic E-state index is 0.176. The van der Waals surface area contributed by atoms with Gasteiger partial charge in [-0.1, -0.05) is 6.92 Å². The maximum Gasteiger partial charge on any atom is 0.224 e. The molecular formula is C9H20N2O3. The molecule has 14 heavy (non-hydrogen) atoms. The van der Waals surface area contributed by atoms with Gasteiger partial charge in [0.2, 0.25) is 5.91 Å². The summed E-state index contributed by atoms with van der Waals surface area (Å²) in [5.41, 5.74) is -0.931. The Balaban J connectivity index is 4.15. The van der Waals surface area contributed by atoms with E-state index < -0.39 is 5.54 Å². The number of hydrogen-bond acceptors (Lipinski definition) is 4. The highest BCUT2D eigenvalue weighted by Crippen LogP contribution is 2.03. The Morgan fingerprint density at radius 3 is 2.29 bits per heavy atom. The van der Waals surface area contributed by atoms with Crippen LogP contribution in [0.25, 0.3) is 0 Å². The lowest BCUT2D eigenvalue weighted by molar-refractivity contribution is -0.127. The van der Waals surface area contributed by atoms with E-state index in [-0.39, 0.29) is 25.0 Å². The molecule has 0 saturated carbocycles. The van der Waals surface area contributed by atoms with E-state index in [9.17, 15) is 4.79 Å². The first-order chi connectivity index (χ1) is 6.49. The number of hydrogen-bond donors (Lipinski definition) is 4. The maximum absolute atomic E-state index is 11.5. The number of carbonyl (C=O) groups excluding carboxylic acids is 1. The SMILES string of the molecule is CNCC(C)C(=O)NC(C)(CO)CO. The highest BCUT2D eigenvalue weighted by molar-refractivity contribution is 5.79. The molecule has 1 amide bonds. The number of rotatable bonds is 6. The molecule has 0 aromatic rings. The van der Waals surface area contributed by atoms with E-state index in [0.717, 1.165) is 0 Å². The van der Waals surface area contributed by atoms with Gasteiger partial charge < -0.3 is 20.8 Å². The van der Waals surface area contributed by atoms with Crippen LogP contribution < -0.4 is 10.6 Å². The van der Waals surface area contributed by atoms with Gasteiger partial charge in [0, 0.05) is 12.5 Å². The van der Waals surface area contributed by atoms with Gasteiger partial charge >= 0.3 is 0 Å². The van der Waals surface area contributed by atoms with Gasteiger partial charge in [-0.05, 0) is 14.0 Å². The molecule has 0 fully saturated rings. The van der Waals surface area contributed by atoms with Crippen LogP contribution in [-0.4, -0.2) is 48.5 Å². The molecule has 0 aromatic heterocycles. The van der Waals surface area contributed by atoms with E-state index in [1.807, 2.05) is 0 Å². The molecule has 0 bridgehead atoms. The molecule has 0 heterocycles. The van der Waals surface area contributed by atoms with Gasteiger partial charge in [-0.15, -0.1) is 0 Å². The van der Waals surface area contributed by atoms with E-state index >= 15 is 0 Å². The van der Waals surface area contributed by atoms with E-state index in [0.29, 0.717) is 6.54 Å². The van der Waals surface area contributed by atoms with Crippen molar-refractivity contribution in [2.45, 2.75) is 19.4 Å². The minimum Gasteiger partial charge on any atom is -0.394 e. The first-order valence-electron chi connectivity index (χ1n) is 4.67. The van der Waals surface area contributed by atoms with Crippen LogP contribution in [0.1, 0.15) is 13.8 Å². The van der Waals surface area contributed by atoms with Gasteiger partial charge in [-0.3, -0.25) is 4.79 Å². The zero-order chi connectivity index (χ0) is 11.2. The highest BCUT2D eigenvalue weighted by atomic mass is 16.3. The number of aliphatic hydroxyl groups is 2. The number of carbonyl (C=O) groups is 1. The molecule has 0 aromatic carbocycles. The summed E-state index contributed by atoms with van der Waals surface area (Å²) in [5.74, 6) is -0.359. The van der Waals surface area contributed by atoms with Crippen LogP contribution >= 0.6 is 0 Å². The Hall–Kier alpha value is -0.650. The van der Waals surface area contributed by atoms with Crippen LogP contribution in [0, 0.1) is 5.92 Å². The maximum atomic E-state index is 11.5. The van der Waals surface area contributed by atoms with Gasteiger partial charge in [0.05, 0.1) is 18.8 Å². The summed E-state index contributed by atoms with van der Waals surface area (Å²) < 4.78 is 0. The van der Waals surface area contributed by atoms with Crippen molar-refractivity contribution in [3.8, 4) is 0 Å². The lowest BCUT2D eigenvalue weighted by atomic mass is 10.0. The Morgan fingerprint density at radius 2 is 1.93 bits per heavy atom. The highest BCUT2D eigenvalue weighted by Gasteiger charge is 2.26. The second-order valence-corrected chi connectivity index (χ2v) is 3.82. The van der Waals surface area contributed by atoms with Crippen molar-refractivity contribution in [3.05, 3.63) is 0 Å². The topological polar surface area (TPSA) is 81.6 Å². The molecule has 0 rings (SSSR count). The summed E-state index contributed by atoms with van der Waals surface area (Å²) >= 11 is 0. The summed E-state index contributed by atoms with van der Waals surface area (Å²) in [5, 5.41) is 23.4. The first kappa shape index (κ1) is 13.4. The predicted octanol–water partition coefficient (Wildman–Crippen LogP) is -1.30. The third kappa shape index (κ3) is 4.04. The summed E-state index contributed by atoms with van der Waals surface area (Å²) in [6, 6.07) is 0. The van der Waals surface area contributed by atoms with E-state index in [1.165, 1.54) is 0 Å². The molecule has 5 nitrogen and oxygen atoms in total. The van der Waals surface area contributed by atoms with Crippen molar-refractivity contribution in [1.82, 2.24) is 10.6 Å². The molecule has 4 N–H and O–H groups in total. The molecule has 0 spiro atoms. The number of aliphatic hydroxyl groups excluding tert-OH is 2. The molecule has 0 aliphatic heterocycles. The third-order valence-corrected chi connectivity index (χ3v) is 2.08. The second-order valence-electron chi connectivity index (χ2n) is 3.82. The lowest BCUT2D eigenvalue weighted by Crippen LogP contribution is -2.53. The minimum atomic E-state index is -0.931. The van der Waals surface area contributed by atoms with Crippen molar-refractivity contribution >= 4 is 5.91 Å². The normalized spacial score (nSPS) is 13.8. The third-order valence-electron chi connectivity index (χ3n) is 2.08. The van der Waals surface area contributed by atoms with Gasteiger partial charge in [0.25, 0.3) is 0 Å². The monoisotopic (exact) mass is 204 g/mol. The first-order valence-corrected chi connectivity index (χ1v) is 4.67. The molecule has 84 valence electrons. The molecule has 0 saturated heterocycles. The van der Waals surface area contributed by atoms with Crippen LogP contribution in [0.5, 0.6) is 0 Å². The predicted molar refractivity (Wildman–Crippen MR) is 53.8 cm³/mol. The van der Waals surface area contributed by atoms with Gasteiger partial charge in [0.1, 0.15) is 0 Å². The Bertz CT molecular complexity index is 181. The molecule has 1 atom stereocenters. The van der Waals surface area contributed by atoms with Crippen molar-refractivity contribution < 1.29 is 15.0 Å². The van der Waals surface area contributed by atoms with Crippen LogP contribution in [-0.2, 0) is 4.79 Å². The fraction of sp³-hybridized carbons (Fsp3) is 0.889. The molecule has 0 aliphatic rings. The van der Waals surface area contributed by atoms with Crippen molar-refractivity contribution in [2.24, 2.45) is 5.92 Å². The van der Waals surface area contributed by atoms with E-state index in [2.05, 4.69) is 10.6 Å². The molecule has 5 heteroatoms. The Morgan fingerprint density at radius 1 is 1.43 bits per heavy atom.